The Balaban J connectivity index is 1.73. The lowest BCUT2D eigenvalue weighted by Gasteiger charge is -2.26. The Bertz CT molecular complexity index is 978. The zero-order valence-electron chi connectivity index (χ0n) is 15.8. The Morgan fingerprint density at radius 2 is 1.86 bits per heavy atom. The molecule has 6 heteroatoms. The van der Waals surface area contributed by atoms with Crippen LogP contribution in [0.15, 0.2) is 66.7 Å². The maximum Gasteiger partial charge on any atom is 0.274 e. The van der Waals surface area contributed by atoms with Gasteiger partial charge in [-0.2, -0.15) is 5.26 Å². The molecule has 0 radical (unpaired) electrons. The van der Waals surface area contributed by atoms with Gasteiger partial charge in [0.2, 0.25) is 0 Å². The molecule has 3 aromatic rings. The molecule has 28 heavy (non-hydrogen) atoms. The van der Waals surface area contributed by atoms with Crippen LogP contribution in [0, 0.1) is 11.3 Å². The molecule has 0 fully saturated rings. The highest BCUT2D eigenvalue weighted by molar-refractivity contribution is 5.92. The molecule has 0 aliphatic carbocycles. The number of nitrogens with one attached hydrogen (secondary N) is 1. The minimum absolute atomic E-state index is 0.0287. The van der Waals surface area contributed by atoms with Crippen molar-refractivity contribution >= 4 is 17.4 Å². The number of hydrogen-bond acceptors (Lipinski definition) is 5. The van der Waals surface area contributed by atoms with E-state index in [4.69, 9.17) is 5.26 Å². The van der Waals surface area contributed by atoms with E-state index in [2.05, 4.69) is 21.6 Å². The fourth-order valence-corrected chi connectivity index (χ4v) is 2.74. The van der Waals surface area contributed by atoms with Crippen molar-refractivity contribution in [3.8, 4) is 6.07 Å². The standard InChI is InChI=1S/C22H21N5O/c1-16(2)27(15-17-7-4-3-5-8-17)22(28)20-11-12-21(26-25-20)24-19-10-6-9-18(13-19)14-23/h3-13,16H,15H2,1-2H3,(H,24,26). The van der Waals surface area contributed by atoms with E-state index in [9.17, 15) is 4.79 Å². The molecule has 6 nitrogen and oxygen atoms in total. The Labute approximate surface area is 164 Å². The van der Waals surface area contributed by atoms with Crippen molar-refractivity contribution in [2.24, 2.45) is 0 Å². The lowest BCUT2D eigenvalue weighted by Crippen LogP contribution is -2.37. The van der Waals surface area contributed by atoms with Crippen molar-refractivity contribution < 1.29 is 4.79 Å². The molecule has 0 saturated carbocycles. The molecule has 0 saturated heterocycles. The van der Waals surface area contributed by atoms with Crippen LogP contribution >= 0.6 is 0 Å². The minimum Gasteiger partial charge on any atom is -0.339 e. The topological polar surface area (TPSA) is 81.9 Å². The summed E-state index contributed by atoms with van der Waals surface area (Å²) >= 11 is 0. The zero-order chi connectivity index (χ0) is 19.9. The normalized spacial score (nSPS) is 10.4. The van der Waals surface area contributed by atoms with Crippen molar-refractivity contribution in [3.63, 3.8) is 0 Å². The van der Waals surface area contributed by atoms with Gasteiger partial charge in [0, 0.05) is 18.3 Å². The molecule has 0 aliphatic heterocycles. The Morgan fingerprint density at radius 1 is 1.07 bits per heavy atom. The van der Waals surface area contributed by atoms with E-state index in [0.29, 0.717) is 23.6 Å². The Kier molecular flexibility index (Phi) is 5.97. The molecule has 1 N–H and O–H groups in total. The van der Waals surface area contributed by atoms with Crippen molar-refractivity contribution in [1.29, 1.82) is 5.26 Å². The van der Waals surface area contributed by atoms with Crippen LogP contribution in [0.2, 0.25) is 0 Å². The summed E-state index contributed by atoms with van der Waals surface area (Å²) in [6.07, 6.45) is 0. The minimum atomic E-state index is -0.163. The second-order valence-corrected chi connectivity index (χ2v) is 6.63. The Hall–Kier alpha value is -3.72. The number of carbonyl (C=O) groups excluding carboxylic acids is 1. The molecular formula is C22H21N5O. The van der Waals surface area contributed by atoms with Crippen LogP contribution in [0.5, 0.6) is 0 Å². The molecule has 0 spiro atoms. The van der Waals surface area contributed by atoms with Crippen molar-refractivity contribution in [2.45, 2.75) is 26.4 Å². The second kappa shape index (κ2) is 8.78. The highest BCUT2D eigenvalue weighted by atomic mass is 16.2. The number of aromatic nitrogens is 2. The molecule has 1 amide bonds. The fraction of sp³-hybridized carbons (Fsp3) is 0.182. The van der Waals surface area contributed by atoms with Crippen molar-refractivity contribution in [1.82, 2.24) is 15.1 Å². The highest BCUT2D eigenvalue weighted by Gasteiger charge is 2.20. The van der Waals surface area contributed by atoms with E-state index < -0.39 is 0 Å². The van der Waals surface area contributed by atoms with Gasteiger partial charge in [0.1, 0.15) is 0 Å². The predicted molar refractivity (Wildman–Crippen MR) is 108 cm³/mol. The zero-order valence-corrected chi connectivity index (χ0v) is 15.8. The van der Waals surface area contributed by atoms with E-state index >= 15 is 0 Å². The molecule has 1 aromatic heterocycles. The summed E-state index contributed by atoms with van der Waals surface area (Å²) < 4.78 is 0. The van der Waals surface area contributed by atoms with Gasteiger partial charge in [-0.15, -0.1) is 10.2 Å². The number of nitrogens with zero attached hydrogens (tertiary/aromatic N) is 4. The SMILES string of the molecule is CC(C)N(Cc1ccccc1)C(=O)c1ccc(Nc2cccc(C#N)c2)nn1. The first kappa shape index (κ1) is 19.1. The van der Waals surface area contributed by atoms with E-state index in [-0.39, 0.29) is 11.9 Å². The number of amides is 1. The molecule has 0 bridgehead atoms. The number of hydrogen-bond donors (Lipinski definition) is 1. The molecule has 140 valence electrons. The third-order valence-corrected chi connectivity index (χ3v) is 4.23. The van der Waals surface area contributed by atoms with E-state index in [1.165, 1.54) is 0 Å². The fourth-order valence-electron chi connectivity index (χ4n) is 2.74. The average molecular weight is 371 g/mol. The predicted octanol–water partition coefficient (Wildman–Crippen LogP) is 4.14. The summed E-state index contributed by atoms with van der Waals surface area (Å²) in [5.74, 6) is 0.343. The van der Waals surface area contributed by atoms with Gasteiger partial charge in [-0.05, 0) is 49.7 Å². The second-order valence-electron chi connectivity index (χ2n) is 6.63. The first-order valence-corrected chi connectivity index (χ1v) is 9.02. The molecule has 3 rings (SSSR count). The summed E-state index contributed by atoms with van der Waals surface area (Å²) in [5, 5.41) is 20.3. The van der Waals surface area contributed by atoms with Gasteiger partial charge in [-0.25, -0.2) is 0 Å². The van der Waals surface area contributed by atoms with Crippen LogP contribution in [0.1, 0.15) is 35.5 Å². The number of carbonyl (C=O) groups is 1. The molecule has 0 aliphatic rings. The number of anilines is 2. The summed E-state index contributed by atoms with van der Waals surface area (Å²) in [6.45, 7) is 4.47. The van der Waals surface area contributed by atoms with Gasteiger partial charge in [0.25, 0.3) is 5.91 Å². The molecule has 0 unspecified atom stereocenters. The largest absolute Gasteiger partial charge is 0.339 e. The van der Waals surface area contributed by atoms with Crippen molar-refractivity contribution in [3.05, 3.63) is 83.6 Å². The maximum absolute atomic E-state index is 12.9. The lowest BCUT2D eigenvalue weighted by atomic mass is 10.1. The number of benzene rings is 2. The van der Waals surface area contributed by atoms with Crippen LogP contribution in [-0.2, 0) is 6.54 Å². The van der Waals surface area contributed by atoms with Crippen LogP contribution < -0.4 is 5.32 Å². The quantitative estimate of drug-likeness (QED) is 0.704. The van der Waals surface area contributed by atoms with Gasteiger partial charge >= 0.3 is 0 Å². The monoisotopic (exact) mass is 371 g/mol. The maximum atomic E-state index is 12.9. The summed E-state index contributed by atoms with van der Waals surface area (Å²) in [7, 11) is 0. The first-order valence-electron chi connectivity index (χ1n) is 9.02. The highest BCUT2D eigenvalue weighted by Crippen LogP contribution is 2.17. The summed E-state index contributed by atoms with van der Waals surface area (Å²) in [4.78, 5) is 14.7. The third-order valence-electron chi connectivity index (χ3n) is 4.23. The van der Waals surface area contributed by atoms with Crippen LogP contribution in [0.3, 0.4) is 0 Å². The molecule has 1 heterocycles. The van der Waals surface area contributed by atoms with Gasteiger partial charge in [-0.1, -0.05) is 36.4 Å². The van der Waals surface area contributed by atoms with Crippen molar-refractivity contribution in [2.75, 3.05) is 5.32 Å². The number of nitriles is 1. The van der Waals surface area contributed by atoms with Gasteiger partial charge < -0.3 is 10.2 Å². The Morgan fingerprint density at radius 3 is 2.50 bits per heavy atom. The third kappa shape index (κ3) is 4.71. The van der Waals surface area contributed by atoms with E-state index in [1.807, 2.05) is 50.2 Å². The van der Waals surface area contributed by atoms with Gasteiger partial charge in [0.05, 0.1) is 11.6 Å². The van der Waals surface area contributed by atoms with E-state index in [1.54, 1.807) is 35.2 Å². The number of rotatable bonds is 6. The molecular weight excluding hydrogens is 350 g/mol. The van der Waals surface area contributed by atoms with Gasteiger partial charge in [0.15, 0.2) is 11.5 Å². The first-order chi connectivity index (χ1) is 13.6. The molecule has 0 atom stereocenters. The average Bonchev–Trinajstić information content (AvgIpc) is 2.73. The summed E-state index contributed by atoms with van der Waals surface area (Å²) in [6, 6.07) is 22.4. The lowest BCUT2D eigenvalue weighted by molar-refractivity contribution is 0.0683. The smallest absolute Gasteiger partial charge is 0.274 e. The van der Waals surface area contributed by atoms with Crippen LogP contribution in [-0.4, -0.2) is 27.0 Å². The van der Waals surface area contributed by atoms with Gasteiger partial charge in [-0.3, -0.25) is 4.79 Å². The molecule has 2 aromatic carbocycles. The summed E-state index contributed by atoms with van der Waals surface area (Å²) in [5.41, 5.74) is 2.65. The van der Waals surface area contributed by atoms with Crippen LogP contribution in [0.4, 0.5) is 11.5 Å². The van der Waals surface area contributed by atoms with E-state index in [0.717, 1.165) is 11.3 Å². The van der Waals surface area contributed by atoms with Crippen LogP contribution in [0.25, 0.3) is 0 Å².